The predicted octanol–water partition coefficient (Wildman–Crippen LogP) is 1.83. The van der Waals surface area contributed by atoms with Gasteiger partial charge in [0, 0.05) is 17.4 Å². The lowest BCUT2D eigenvalue weighted by Crippen LogP contribution is -2.16. The van der Waals surface area contributed by atoms with Gasteiger partial charge in [0.05, 0.1) is 11.8 Å². The number of aromatic amines is 1. The first-order valence-electron chi connectivity index (χ1n) is 5.76. The minimum absolute atomic E-state index is 0.215. The van der Waals surface area contributed by atoms with Gasteiger partial charge in [-0.3, -0.25) is 9.59 Å². The molecule has 2 aromatic rings. The molecule has 0 bridgehead atoms. The van der Waals surface area contributed by atoms with E-state index in [4.69, 9.17) is 5.11 Å². The van der Waals surface area contributed by atoms with Gasteiger partial charge in [0.15, 0.2) is 0 Å². The molecule has 0 aliphatic heterocycles. The molecule has 1 fully saturated rings. The monoisotopic (exact) mass is 244 g/mol. The minimum atomic E-state index is -0.894. The van der Waals surface area contributed by atoms with Gasteiger partial charge in [-0.2, -0.15) is 0 Å². The van der Waals surface area contributed by atoms with E-state index < -0.39 is 11.9 Å². The first kappa shape index (κ1) is 10.8. The lowest BCUT2D eigenvalue weighted by molar-refractivity contribution is -0.139. The number of carboxylic acid groups (broad SMARTS) is 1. The lowest BCUT2D eigenvalue weighted by atomic mass is 10.2. The van der Waals surface area contributed by atoms with Crippen LogP contribution in [0.4, 0.5) is 5.69 Å². The van der Waals surface area contributed by atoms with E-state index in [1.807, 2.05) is 30.5 Å². The van der Waals surface area contributed by atoms with Crippen molar-refractivity contribution < 1.29 is 14.7 Å². The van der Waals surface area contributed by atoms with Crippen molar-refractivity contribution >= 4 is 28.5 Å². The summed E-state index contributed by atoms with van der Waals surface area (Å²) >= 11 is 0. The Balaban J connectivity index is 1.72. The van der Waals surface area contributed by atoms with E-state index in [1.54, 1.807) is 0 Å². The summed E-state index contributed by atoms with van der Waals surface area (Å²) in [7, 11) is 0. The normalized spacial score (nSPS) is 21.8. The highest BCUT2D eigenvalue weighted by molar-refractivity contribution is 5.99. The summed E-state index contributed by atoms with van der Waals surface area (Å²) in [6, 6.07) is 7.50. The van der Waals surface area contributed by atoms with Crippen LogP contribution >= 0.6 is 0 Å². The zero-order valence-corrected chi connectivity index (χ0v) is 9.51. The molecule has 1 heterocycles. The fourth-order valence-electron chi connectivity index (χ4n) is 2.12. The van der Waals surface area contributed by atoms with Crippen LogP contribution in [0.2, 0.25) is 0 Å². The SMILES string of the molecule is O=C(O)C1CC1C(=O)Nc1ccc2cc[nH]c2c1. The fourth-order valence-corrected chi connectivity index (χ4v) is 2.12. The first-order chi connectivity index (χ1) is 8.65. The number of aliphatic carboxylic acids is 1. The van der Waals surface area contributed by atoms with Crippen molar-refractivity contribution in [2.24, 2.45) is 11.8 Å². The summed E-state index contributed by atoms with van der Waals surface area (Å²) in [5.41, 5.74) is 1.63. The fraction of sp³-hybridized carbons (Fsp3) is 0.231. The summed E-state index contributed by atoms with van der Waals surface area (Å²) < 4.78 is 0. The lowest BCUT2D eigenvalue weighted by Gasteiger charge is -2.04. The average molecular weight is 244 g/mol. The predicted molar refractivity (Wildman–Crippen MR) is 66.2 cm³/mol. The topological polar surface area (TPSA) is 82.2 Å². The van der Waals surface area contributed by atoms with Gasteiger partial charge in [0.2, 0.25) is 5.91 Å². The van der Waals surface area contributed by atoms with Crippen molar-refractivity contribution in [1.82, 2.24) is 4.98 Å². The highest BCUT2D eigenvalue weighted by Crippen LogP contribution is 2.39. The summed E-state index contributed by atoms with van der Waals surface area (Å²) in [6.45, 7) is 0. The highest BCUT2D eigenvalue weighted by atomic mass is 16.4. The van der Waals surface area contributed by atoms with Gasteiger partial charge in [-0.15, -0.1) is 0 Å². The van der Waals surface area contributed by atoms with Crippen LogP contribution in [0.3, 0.4) is 0 Å². The van der Waals surface area contributed by atoms with E-state index in [1.165, 1.54) is 0 Å². The molecular formula is C13H12N2O3. The van der Waals surface area contributed by atoms with Gasteiger partial charge in [0.25, 0.3) is 0 Å². The molecule has 1 aromatic heterocycles. The number of carbonyl (C=O) groups excluding carboxylic acids is 1. The van der Waals surface area contributed by atoms with Crippen LogP contribution in [0.25, 0.3) is 10.9 Å². The van der Waals surface area contributed by atoms with Crippen molar-refractivity contribution in [3.8, 4) is 0 Å². The highest BCUT2D eigenvalue weighted by Gasteiger charge is 2.48. The number of carbonyl (C=O) groups is 2. The summed E-state index contributed by atoms with van der Waals surface area (Å²) in [4.78, 5) is 25.5. The number of anilines is 1. The van der Waals surface area contributed by atoms with Crippen molar-refractivity contribution in [2.45, 2.75) is 6.42 Å². The molecule has 1 aromatic carbocycles. The number of fused-ring (bicyclic) bond motifs is 1. The molecule has 3 rings (SSSR count). The van der Waals surface area contributed by atoms with Crippen LogP contribution in [-0.4, -0.2) is 22.0 Å². The average Bonchev–Trinajstić information content (AvgIpc) is 3.02. The summed E-state index contributed by atoms with van der Waals surface area (Å²) in [6.07, 6.45) is 2.27. The van der Waals surface area contributed by atoms with E-state index in [2.05, 4.69) is 10.3 Å². The summed E-state index contributed by atoms with van der Waals surface area (Å²) in [5, 5.41) is 12.6. The molecule has 5 heteroatoms. The van der Waals surface area contributed by atoms with E-state index in [0.717, 1.165) is 10.9 Å². The Bertz CT molecular complexity index is 632. The molecule has 18 heavy (non-hydrogen) atoms. The molecule has 2 atom stereocenters. The Labute approximate surface area is 103 Å². The number of hydrogen-bond donors (Lipinski definition) is 3. The Morgan fingerprint density at radius 2 is 2.11 bits per heavy atom. The number of aromatic nitrogens is 1. The number of amides is 1. The second-order valence-electron chi connectivity index (χ2n) is 4.56. The van der Waals surface area contributed by atoms with Crippen LogP contribution in [0.5, 0.6) is 0 Å². The minimum Gasteiger partial charge on any atom is -0.481 e. The molecule has 5 nitrogen and oxygen atoms in total. The zero-order valence-electron chi connectivity index (χ0n) is 9.51. The number of benzene rings is 1. The Morgan fingerprint density at radius 3 is 2.83 bits per heavy atom. The molecule has 2 unspecified atom stereocenters. The second-order valence-corrected chi connectivity index (χ2v) is 4.56. The maximum absolute atomic E-state index is 11.8. The number of carboxylic acids is 1. The molecule has 0 spiro atoms. The van der Waals surface area contributed by atoms with Crippen molar-refractivity contribution in [2.75, 3.05) is 5.32 Å². The van der Waals surface area contributed by atoms with E-state index in [9.17, 15) is 9.59 Å². The number of H-pyrrole nitrogens is 1. The van der Waals surface area contributed by atoms with E-state index in [-0.39, 0.29) is 11.8 Å². The van der Waals surface area contributed by atoms with Crippen LogP contribution < -0.4 is 5.32 Å². The van der Waals surface area contributed by atoms with Gasteiger partial charge in [-0.25, -0.2) is 0 Å². The van der Waals surface area contributed by atoms with Gasteiger partial charge < -0.3 is 15.4 Å². The zero-order chi connectivity index (χ0) is 12.7. The second kappa shape index (κ2) is 3.87. The maximum Gasteiger partial charge on any atom is 0.307 e. The largest absolute Gasteiger partial charge is 0.481 e. The van der Waals surface area contributed by atoms with Gasteiger partial charge in [-0.1, -0.05) is 6.07 Å². The van der Waals surface area contributed by atoms with Gasteiger partial charge in [-0.05, 0) is 30.0 Å². The molecule has 1 saturated carbocycles. The summed E-state index contributed by atoms with van der Waals surface area (Å²) in [5.74, 6) is -2.01. The Kier molecular flexibility index (Phi) is 2.33. The maximum atomic E-state index is 11.8. The van der Waals surface area contributed by atoms with Crippen molar-refractivity contribution in [3.63, 3.8) is 0 Å². The van der Waals surface area contributed by atoms with Crippen molar-refractivity contribution in [3.05, 3.63) is 30.5 Å². The number of nitrogens with one attached hydrogen (secondary N) is 2. The quantitative estimate of drug-likeness (QED) is 0.770. The van der Waals surface area contributed by atoms with Crippen LogP contribution in [0.15, 0.2) is 30.5 Å². The molecule has 1 aliphatic rings. The van der Waals surface area contributed by atoms with Gasteiger partial charge >= 0.3 is 5.97 Å². The van der Waals surface area contributed by atoms with Crippen LogP contribution in [-0.2, 0) is 9.59 Å². The molecule has 0 saturated heterocycles. The van der Waals surface area contributed by atoms with Gasteiger partial charge in [0.1, 0.15) is 0 Å². The molecule has 1 amide bonds. The molecule has 92 valence electrons. The third-order valence-electron chi connectivity index (χ3n) is 3.27. The van der Waals surface area contributed by atoms with E-state index >= 15 is 0 Å². The Hall–Kier alpha value is -2.30. The molecule has 0 radical (unpaired) electrons. The van der Waals surface area contributed by atoms with Crippen LogP contribution in [0.1, 0.15) is 6.42 Å². The standard InChI is InChI=1S/C13H12N2O3/c16-12(9-6-10(9)13(17)18)15-8-2-1-7-3-4-14-11(7)5-8/h1-5,9-10,14H,6H2,(H,15,16)(H,17,18). The van der Waals surface area contributed by atoms with Crippen LogP contribution in [0, 0.1) is 11.8 Å². The third-order valence-corrected chi connectivity index (χ3v) is 3.27. The first-order valence-corrected chi connectivity index (χ1v) is 5.76. The smallest absolute Gasteiger partial charge is 0.307 e. The Morgan fingerprint density at radius 1 is 1.28 bits per heavy atom. The third kappa shape index (κ3) is 1.84. The molecular weight excluding hydrogens is 232 g/mol. The molecule has 1 aliphatic carbocycles. The molecule has 3 N–H and O–H groups in total. The van der Waals surface area contributed by atoms with E-state index in [0.29, 0.717) is 12.1 Å². The van der Waals surface area contributed by atoms with Crippen molar-refractivity contribution in [1.29, 1.82) is 0 Å². The number of rotatable bonds is 3. The number of hydrogen-bond acceptors (Lipinski definition) is 2.